The molecule has 1 heterocycles. The van der Waals surface area contributed by atoms with Crippen LogP contribution in [0, 0.1) is 0 Å². The van der Waals surface area contributed by atoms with Gasteiger partial charge in [0, 0.05) is 0 Å². The third-order valence-electron chi connectivity index (χ3n) is 4.67. The van der Waals surface area contributed by atoms with Gasteiger partial charge in [-0.25, -0.2) is 9.59 Å². The summed E-state index contributed by atoms with van der Waals surface area (Å²) in [4.78, 5) is 29.3. The second-order valence-corrected chi connectivity index (χ2v) is 6.54. The first-order chi connectivity index (χ1) is 14.0. The van der Waals surface area contributed by atoms with Crippen LogP contribution in [0.4, 0.5) is 0 Å². The Bertz CT molecular complexity index is 861. The Morgan fingerprint density at radius 3 is 2.07 bits per heavy atom. The van der Waals surface area contributed by atoms with E-state index in [1.54, 1.807) is 7.11 Å². The van der Waals surface area contributed by atoms with Crippen LogP contribution in [0.2, 0.25) is 0 Å². The van der Waals surface area contributed by atoms with E-state index in [0.717, 1.165) is 24.2 Å². The number of esters is 2. The van der Waals surface area contributed by atoms with Crippen LogP contribution < -0.4 is 4.74 Å². The minimum absolute atomic E-state index is 0.0504. The van der Waals surface area contributed by atoms with Crippen molar-refractivity contribution < 1.29 is 28.9 Å². The standard InChI is InChI=1S/C22H27NO6/c1-5-6-7-17-20(24)19(22(26)29-4)18(21(25)28-3)16(23-17)13-10-14-8-11-15(27-2)12-9-14/h8-9,11-12,24H,5-7,10,13H2,1-4H3. The van der Waals surface area contributed by atoms with E-state index in [9.17, 15) is 14.7 Å². The number of methoxy groups -OCH3 is 3. The molecule has 156 valence electrons. The molecule has 0 spiro atoms. The molecule has 0 unspecified atom stereocenters. The Hall–Kier alpha value is -3.09. The summed E-state index contributed by atoms with van der Waals surface area (Å²) < 4.78 is 14.8. The Morgan fingerprint density at radius 2 is 1.52 bits per heavy atom. The smallest absolute Gasteiger partial charge is 0.342 e. The number of carbonyl (C=O) groups excluding carboxylic acids is 2. The van der Waals surface area contributed by atoms with Crippen molar-refractivity contribution in [3.8, 4) is 11.5 Å². The molecule has 0 atom stereocenters. The summed E-state index contributed by atoms with van der Waals surface area (Å²) in [6, 6.07) is 7.56. The van der Waals surface area contributed by atoms with Crippen molar-refractivity contribution in [2.45, 2.75) is 39.0 Å². The number of aryl methyl sites for hydroxylation is 3. The molecule has 0 amide bonds. The van der Waals surface area contributed by atoms with Crippen molar-refractivity contribution in [1.82, 2.24) is 4.98 Å². The summed E-state index contributed by atoms with van der Waals surface area (Å²) >= 11 is 0. The molecule has 0 aliphatic carbocycles. The SMILES string of the molecule is CCCCc1nc(CCc2ccc(OC)cc2)c(C(=O)OC)c(C(=O)OC)c1O. The van der Waals surface area contributed by atoms with Crippen LogP contribution >= 0.6 is 0 Å². The van der Waals surface area contributed by atoms with E-state index in [0.29, 0.717) is 30.7 Å². The minimum atomic E-state index is -0.797. The average Bonchev–Trinajstić information content (AvgIpc) is 2.76. The molecular weight excluding hydrogens is 374 g/mol. The number of unbranched alkanes of at least 4 members (excludes halogenated alkanes) is 1. The van der Waals surface area contributed by atoms with Gasteiger partial charge in [0.05, 0.1) is 38.3 Å². The Morgan fingerprint density at radius 1 is 0.897 bits per heavy atom. The molecular formula is C22H27NO6. The molecule has 0 aliphatic heterocycles. The molecule has 0 saturated carbocycles. The predicted octanol–water partition coefficient (Wildman–Crippen LogP) is 3.50. The first-order valence-corrected chi connectivity index (χ1v) is 9.51. The molecule has 0 saturated heterocycles. The maximum absolute atomic E-state index is 12.5. The van der Waals surface area contributed by atoms with E-state index in [2.05, 4.69) is 4.98 Å². The quantitative estimate of drug-likeness (QED) is 0.643. The zero-order chi connectivity index (χ0) is 21.4. The fraction of sp³-hybridized carbons (Fsp3) is 0.409. The van der Waals surface area contributed by atoms with Gasteiger partial charge in [-0.05, 0) is 43.4 Å². The molecule has 0 radical (unpaired) electrons. The van der Waals surface area contributed by atoms with Crippen LogP contribution in [0.3, 0.4) is 0 Å². The Labute approximate surface area is 170 Å². The fourth-order valence-electron chi connectivity index (χ4n) is 3.06. The largest absolute Gasteiger partial charge is 0.505 e. The van der Waals surface area contributed by atoms with Crippen LogP contribution in [0.25, 0.3) is 0 Å². The lowest BCUT2D eigenvalue weighted by Gasteiger charge is -2.16. The third-order valence-corrected chi connectivity index (χ3v) is 4.67. The van der Waals surface area contributed by atoms with E-state index in [1.807, 2.05) is 31.2 Å². The van der Waals surface area contributed by atoms with Gasteiger partial charge in [0.1, 0.15) is 11.3 Å². The number of hydrogen-bond donors (Lipinski definition) is 1. The molecule has 0 bridgehead atoms. The molecule has 1 N–H and O–H groups in total. The molecule has 0 aliphatic rings. The number of rotatable bonds is 9. The zero-order valence-corrected chi connectivity index (χ0v) is 17.3. The first-order valence-electron chi connectivity index (χ1n) is 9.51. The van der Waals surface area contributed by atoms with Gasteiger partial charge in [0.15, 0.2) is 5.75 Å². The highest BCUT2D eigenvalue weighted by Crippen LogP contribution is 2.30. The lowest BCUT2D eigenvalue weighted by atomic mass is 9.97. The average molecular weight is 401 g/mol. The van der Waals surface area contributed by atoms with E-state index < -0.39 is 11.9 Å². The molecule has 2 aromatic rings. The van der Waals surface area contributed by atoms with E-state index in [1.165, 1.54) is 14.2 Å². The van der Waals surface area contributed by atoms with Gasteiger partial charge < -0.3 is 19.3 Å². The van der Waals surface area contributed by atoms with Gasteiger partial charge in [-0.2, -0.15) is 0 Å². The maximum atomic E-state index is 12.5. The monoisotopic (exact) mass is 401 g/mol. The molecule has 7 nitrogen and oxygen atoms in total. The summed E-state index contributed by atoms with van der Waals surface area (Å²) in [7, 11) is 4.02. The van der Waals surface area contributed by atoms with Gasteiger partial charge in [-0.1, -0.05) is 25.5 Å². The second kappa shape index (κ2) is 10.5. The molecule has 29 heavy (non-hydrogen) atoms. The van der Waals surface area contributed by atoms with Crippen molar-refractivity contribution in [3.63, 3.8) is 0 Å². The van der Waals surface area contributed by atoms with E-state index >= 15 is 0 Å². The number of nitrogens with zero attached hydrogens (tertiary/aromatic N) is 1. The lowest BCUT2D eigenvalue weighted by Crippen LogP contribution is -2.18. The summed E-state index contributed by atoms with van der Waals surface area (Å²) in [5.41, 5.74) is 1.56. The van der Waals surface area contributed by atoms with Crippen LogP contribution in [0.15, 0.2) is 24.3 Å². The highest BCUT2D eigenvalue weighted by Gasteiger charge is 2.29. The van der Waals surface area contributed by atoms with Crippen molar-refractivity contribution in [2.24, 2.45) is 0 Å². The highest BCUT2D eigenvalue weighted by molar-refractivity contribution is 6.06. The Balaban J connectivity index is 2.50. The van der Waals surface area contributed by atoms with Crippen molar-refractivity contribution in [1.29, 1.82) is 0 Å². The van der Waals surface area contributed by atoms with Crippen molar-refractivity contribution >= 4 is 11.9 Å². The van der Waals surface area contributed by atoms with E-state index in [-0.39, 0.29) is 16.9 Å². The number of benzene rings is 1. The van der Waals surface area contributed by atoms with Crippen LogP contribution in [0.5, 0.6) is 11.5 Å². The number of aromatic nitrogens is 1. The van der Waals surface area contributed by atoms with Crippen LogP contribution in [-0.4, -0.2) is 43.4 Å². The molecule has 1 aromatic heterocycles. The van der Waals surface area contributed by atoms with Crippen molar-refractivity contribution in [2.75, 3.05) is 21.3 Å². The fourth-order valence-corrected chi connectivity index (χ4v) is 3.06. The minimum Gasteiger partial charge on any atom is -0.505 e. The van der Waals surface area contributed by atoms with Gasteiger partial charge in [0.25, 0.3) is 0 Å². The van der Waals surface area contributed by atoms with Gasteiger partial charge in [-0.15, -0.1) is 0 Å². The first kappa shape index (κ1) is 22.2. The second-order valence-electron chi connectivity index (χ2n) is 6.54. The van der Waals surface area contributed by atoms with Gasteiger partial charge in [0.2, 0.25) is 0 Å². The predicted molar refractivity (Wildman–Crippen MR) is 108 cm³/mol. The van der Waals surface area contributed by atoms with Crippen LogP contribution in [-0.2, 0) is 28.7 Å². The summed E-state index contributed by atoms with van der Waals surface area (Å²) in [5, 5.41) is 10.6. The summed E-state index contributed by atoms with van der Waals surface area (Å²) in [6.45, 7) is 2.02. The lowest BCUT2D eigenvalue weighted by molar-refractivity contribution is 0.0550. The number of ether oxygens (including phenoxy) is 3. The zero-order valence-electron chi connectivity index (χ0n) is 17.3. The number of aromatic hydroxyl groups is 1. The van der Waals surface area contributed by atoms with Crippen molar-refractivity contribution in [3.05, 3.63) is 52.3 Å². The number of hydrogen-bond acceptors (Lipinski definition) is 7. The normalized spacial score (nSPS) is 10.5. The Kier molecular flexibility index (Phi) is 8.00. The molecule has 0 fully saturated rings. The number of carbonyl (C=O) groups is 2. The molecule has 1 aromatic carbocycles. The summed E-state index contributed by atoms with van der Waals surface area (Å²) in [6.07, 6.45) is 3.15. The van der Waals surface area contributed by atoms with Crippen LogP contribution in [0.1, 0.15) is 57.4 Å². The van der Waals surface area contributed by atoms with Gasteiger partial charge >= 0.3 is 11.9 Å². The topological polar surface area (TPSA) is 95.0 Å². The maximum Gasteiger partial charge on any atom is 0.342 e. The molecule has 7 heteroatoms. The highest BCUT2D eigenvalue weighted by atomic mass is 16.5. The number of pyridine rings is 1. The third kappa shape index (κ3) is 5.25. The molecule has 2 rings (SSSR count). The summed E-state index contributed by atoms with van der Waals surface area (Å²) in [5.74, 6) is -1.10. The van der Waals surface area contributed by atoms with Gasteiger partial charge in [-0.3, -0.25) is 4.98 Å². The van der Waals surface area contributed by atoms with E-state index in [4.69, 9.17) is 14.2 Å².